The van der Waals surface area contributed by atoms with Crippen LogP contribution in [0.5, 0.6) is 0 Å². The molecule has 3 nitrogen and oxygen atoms in total. The molecule has 1 aliphatic rings. The first-order chi connectivity index (χ1) is 11.7. The van der Waals surface area contributed by atoms with Gasteiger partial charge >= 0.3 is 0 Å². The van der Waals surface area contributed by atoms with Crippen molar-refractivity contribution in [3.8, 4) is 0 Å². The summed E-state index contributed by atoms with van der Waals surface area (Å²) in [6.45, 7) is 1.67. The highest BCUT2D eigenvalue weighted by Crippen LogP contribution is 2.26. The summed E-state index contributed by atoms with van der Waals surface area (Å²) in [6.07, 6.45) is 1.68. The van der Waals surface area contributed by atoms with Crippen molar-refractivity contribution in [1.29, 1.82) is 0 Å². The predicted octanol–water partition coefficient (Wildman–Crippen LogP) is 3.62. The molecule has 0 saturated carbocycles. The van der Waals surface area contributed by atoms with Gasteiger partial charge < -0.3 is 10.6 Å². The van der Waals surface area contributed by atoms with Gasteiger partial charge in [0.15, 0.2) is 0 Å². The molecule has 1 unspecified atom stereocenters. The normalized spacial score (nSPS) is 17.8. The van der Waals surface area contributed by atoms with Gasteiger partial charge in [0.25, 0.3) is 0 Å². The molecule has 1 fully saturated rings. The number of likely N-dealkylation sites (tertiary alicyclic amines) is 1. The van der Waals surface area contributed by atoms with E-state index in [9.17, 15) is 4.79 Å². The van der Waals surface area contributed by atoms with E-state index in [1.165, 1.54) is 4.90 Å². The zero-order valence-electron chi connectivity index (χ0n) is 14.2. The Labute approximate surface area is 160 Å². The van der Waals surface area contributed by atoms with Crippen molar-refractivity contribution in [2.24, 2.45) is 11.7 Å². The van der Waals surface area contributed by atoms with Crippen LogP contribution in [0.2, 0.25) is 0 Å². The molecule has 134 valence electrons. The summed E-state index contributed by atoms with van der Waals surface area (Å²) >= 11 is 1.87. The fourth-order valence-electron chi connectivity index (χ4n) is 3.09. The molecule has 1 aliphatic heterocycles. The Morgan fingerprint density at radius 3 is 2.44 bits per heavy atom. The highest BCUT2D eigenvalue weighted by atomic mass is 35.5. The van der Waals surface area contributed by atoms with Gasteiger partial charge in [0.2, 0.25) is 5.91 Å². The Kier molecular flexibility index (Phi) is 7.82. The highest BCUT2D eigenvalue weighted by Gasteiger charge is 2.29. The summed E-state index contributed by atoms with van der Waals surface area (Å²) in [5.41, 5.74) is 7.26. The Bertz CT molecular complexity index is 653. The van der Waals surface area contributed by atoms with Gasteiger partial charge in [-0.3, -0.25) is 4.79 Å². The molecule has 5 heteroatoms. The lowest BCUT2D eigenvalue weighted by Crippen LogP contribution is -2.44. The van der Waals surface area contributed by atoms with Crippen LogP contribution in [0.4, 0.5) is 0 Å². The number of nitrogens with zero attached hydrogens (tertiary/aromatic N) is 1. The average molecular weight is 377 g/mol. The number of hydrogen-bond donors (Lipinski definition) is 1. The van der Waals surface area contributed by atoms with Crippen LogP contribution in [0.15, 0.2) is 65.6 Å². The van der Waals surface area contributed by atoms with Crippen LogP contribution < -0.4 is 5.73 Å². The summed E-state index contributed by atoms with van der Waals surface area (Å²) in [4.78, 5) is 15.8. The molecule has 0 bridgehead atoms. The molecule has 0 radical (unpaired) electrons. The monoisotopic (exact) mass is 376 g/mol. The van der Waals surface area contributed by atoms with Crippen molar-refractivity contribution >= 4 is 30.1 Å². The first-order valence-electron chi connectivity index (χ1n) is 8.48. The third-order valence-corrected chi connectivity index (χ3v) is 5.69. The number of nitrogens with two attached hydrogens (primary N) is 1. The highest BCUT2D eigenvalue weighted by molar-refractivity contribution is 7.99. The van der Waals surface area contributed by atoms with Crippen LogP contribution in [-0.2, 0) is 11.2 Å². The minimum absolute atomic E-state index is 0. The molecule has 3 rings (SSSR count). The second kappa shape index (κ2) is 9.85. The molecule has 0 aliphatic carbocycles. The third kappa shape index (κ3) is 5.77. The van der Waals surface area contributed by atoms with E-state index in [1.54, 1.807) is 0 Å². The molecular formula is C20H25ClN2OS. The van der Waals surface area contributed by atoms with Crippen molar-refractivity contribution in [3.63, 3.8) is 0 Å². The van der Waals surface area contributed by atoms with Gasteiger partial charge in [-0.05, 0) is 36.5 Å². The van der Waals surface area contributed by atoms with Gasteiger partial charge in [-0.25, -0.2) is 0 Å². The van der Waals surface area contributed by atoms with Crippen LogP contribution in [0.1, 0.15) is 12.0 Å². The summed E-state index contributed by atoms with van der Waals surface area (Å²) in [6, 6.07) is 20.0. The summed E-state index contributed by atoms with van der Waals surface area (Å²) in [7, 11) is 0. The molecule has 2 aromatic rings. The van der Waals surface area contributed by atoms with Crippen molar-refractivity contribution < 1.29 is 4.79 Å². The van der Waals surface area contributed by atoms with Gasteiger partial charge in [-0.1, -0.05) is 48.5 Å². The maximum atomic E-state index is 12.6. The van der Waals surface area contributed by atoms with Crippen molar-refractivity contribution in [2.45, 2.75) is 23.8 Å². The van der Waals surface area contributed by atoms with Crippen molar-refractivity contribution in [3.05, 3.63) is 66.2 Å². The second-order valence-electron chi connectivity index (χ2n) is 6.36. The zero-order chi connectivity index (χ0) is 16.8. The van der Waals surface area contributed by atoms with Gasteiger partial charge in [0.1, 0.15) is 0 Å². The SMILES string of the molecule is Cl.N[C@@H](Cc1ccccc1)C(=O)N1CCC(CSc2ccccc2)C1. The third-order valence-electron chi connectivity index (χ3n) is 4.44. The van der Waals surface area contributed by atoms with Gasteiger partial charge in [0, 0.05) is 23.7 Å². The molecule has 2 atom stereocenters. The second-order valence-corrected chi connectivity index (χ2v) is 7.45. The molecule has 1 heterocycles. The lowest BCUT2D eigenvalue weighted by atomic mass is 10.1. The van der Waals surface area contributed by atoms with E-state index in [2.05, 4.69) is 24.3 Å². The lowest BCUT2D eigenvalue weighted by Gasteiger charge is -2.21. The average Bonchev–Trinajstić information content (AvgIpc) is 3.10. The maximum absolute atomic E-state index is 12.6. The standard InChI is InChI=1S/C20H24N2OS.ClH/c21-19(13-16-7-3-1-4-8-16)20(23)22-12-11-17(14-22)15-24-18-9-5-2-6-10-18;/h1-10,17,19H,11-15,21H2;1H/t17?,19-;/m0./s1. The van der Waals surface area contributed by atoms with Crippen LogP contribution in [-0.4, -0.2) is 35.7 Å². The number of benzene rings is 2. The van der Waals surface area contributed by atoms with Crippen LogP contribution in [0.25, 0.3) is 0 Å². The van der Waals surface area contributed by atoms with Crippen LogP contribution >= 0.6 is 24.2 Å². The molecule has 1 amide bonds. The van der Waals surface area contributed by atoms with E-state index < -0.39 is 6.04 Å². The Hall–Kier alpha value is -1.49. The fraction of sp³-hybridized carbons (Fsp3) is 0.350. The molecule has 2 N–H and O–H groups in total. The molecule has 0 spiro atoms. The number of carbonyl (C=O) groups excluding carboxylic acids is 1. The number of amides is 1. The smallest absolute Gasteiger partial charge is 0.239 e. The zero-order valence-corrected chi connectivity index (χ0v) is 15.8. The lowest BCUT2D eigenvalue weighted by molar-refractivity contribution is -0.131. The van der Waals surface area contributed by atoms with E-state index in [1.807, 2.05) is 53.1 Å². The molecule has 2 aromatic carbocycles. The van der Waals surface area contributed by atoms with Gasteiger partial charge in [-0.2, -0.15) is 0 Å². The summed E-state index contributed by atoms with van der Waals surface area (Å²) in [5, 5.41) is 0. The van der Waals surface area contributed by atoms with E-state index in [-0.39, 0.29) is 18.3 Å². The summed E-state index contributed by atoms with van der Waals surface area (Å²) < 4.78 is 0. The van der Waals surface area contributed by atoms with Crippen molar-refractivity contribution in [1.82, 2.24) is 4.90 Å². The maximum Gasteiger partial charge on any atom is 0.239 e. The molecular weight excluding hydrogens is 352 g/mol. The number of hydrogen-bond acceptors (Lipinski definition) is 3. The summed E-state index contributed by atoms with van der Waals surface area (Å²) in [5.74, 6) is 1.70. The number of halogens is 1. The Morgan fingerprint density at radius 2 is 1.76 bits per heavy atom. The van der Waals surface area contributed by atoms with Crippen LogP contribution in [0, 0.1) is 5.92 Å². The first-order valence-corrected chi connectivity index (χ1v) is 9.47. The minimum atomic E-state index is -0.437. The van der Waals surface area contributed by atoms with E-state index in [4.69, 9.17) is 5.73 Å². The Morgan fingerprint density at radius 1 is 1.12 bits per heavy atom. The largest absolute Gasteiger partial charge is 0.341 e. The topological polar surface area (TPSA) is 46.3 Å². The fourth-order valence-corrected chi connectivity index (χ4v) is 4.14. The Balaban J connectivity index is 0.00000225. The number of carbonyl (C=O) groups is 1. The number of rotatable bonds is 6. The van der Waals surface area contributed by atoms with Gasteiger partial charge in [0.05, 0.1) is 6.04 Å². The molecule has 25 heavy (non-hydrogen) atoms. The minimum Gasteiger partial charge on any atom is -0.341 e. The van der Waals surface area contributed by atoms with Crippen molar-refractivity contribution in [2.75, 3.05) is 18.8 Å². The van der Waals surface area contributed by atoms with E-state index in [0.29, 0.717) is 12.3 Å². The quantitative estimate of drug-likeness (QED) is 0.783. The molecule has 0 aromatic heterocycles. The first kappa shape index (κ1) is 19.8. The van der Waals surface area contributed by atoms with E-state index >= 15 is 0 Å². The van der Waals surface area contributed by atoms with E-state index in [0.717, 1.165) is 30.8 Å². The molecule has 1 saturated heterocycles. The van der Waals surface area contributed by atoms with Crippen LogP contribution in [0.3, 0.4) is 0 Å². The van der Waals surface area contributed by atoms with Gasteiger partial charge in [-0.15, -0.1) is 24.2 Å². The number of thioether (sulfide) groups is 1. The predicted molar refractivity (Wildman–Crippen MR) is 107 cm³/mol.